The number of amides is 2. The van der Waals surface area contributed by atoms with Gasteiger partial charge in [0.1, 0.15) is 12.0 Å². The molecule has 2 heterocycles. The van der Waals surface area contributed by atoms with Gasteiger partial charge in [0.2, 0.25) is 0 Å². The zero-order chi connectivity index (χ0) is 17.6. The van der Waals surface area contributed by atoms with Gasteiger partial charge in [-0.1, -0.05) is 18.2 Å². The summed E-state index contributed by atoms with van der Waals surface area (Å²) in [6.07, 6.45) is 4.42. The molecule has 0 saturated carbocycles. The fourth-order valence-corrected chi connectivity index (χ4v) is 2.93. The lowest BCUT2D eigenvalue weighted by molar-refractivity contribution is -0.124. The number of para-hydroxylation sites is 1. The minimum atomic E-state index is -0.136. The van der Waals surface area contributed by atoms with Crippen LogP contribution in [0.3, 0.4) is 0 Å². The Labute approximate surface area is 146 Å². The Balaban J connectivity index is 1.42. The lowest BCUT2D eigenvalue weighted by Gasteiger charge is -2.32. The van der Waals surface area contributed by atoms with Gasteiger partial charge in [-0.2, -0.15) is 0 Å². The Morgan fingerprint density at radius 3 is 2.68 bits per heavy atom. The number of nitrogens with zero attached hydrogens (tertiary/aromatic N) is 1. The van der Waals surface area contributed by atoms with Crippen LogP contribution >= 0.6 is 0 Å². The molecule has 1 aromatic carbocycles. The van der Waals surface area contributed by atoms with Crippen LogP contribution in [0.4, 0.5) is 0 Å². The lowest BCUT2D eigenvalue weighted by atomic mass is 10.0. The molecule has 0 spiro atoms. The van der Waals surface area contributed by atoms with Gasteiger partial charge in [0.25, 0.3) is 11.8 Å². The molecule has 3 rings (SSSR count). The molecule has 0 atom stereocenters. The molecule has 1 aromatic heterocycles. The maximum Gasteiger partial charge on any atom is 0.258 e. The third-order valence-corrected chi connectivity index (χ3v) is 4.37. The predicted octanol–water partition coefficient (Wildman–Crippen LogP) is 2.39. The van der Waals surface area contributed by atoms with Crippen molar-refractivity contribution in [1.29, 1.82) is 0 Å². The molecule has 1 fully saturated rings. The summed E-state index contributed by atoms with van der Waals surface area (Å²) in [4.78, 5) is 26.1. The van der Waals surface area contributed by atoms with Crippen LogP contribution in [0, 0.1) is 6.92 Å². The first kappa shape index (κ1) is 17.1. The van der Waals surface area contributed by atoms with Crippen LogP contribution in [-0.4, -0.2) is 42.5 Å². The number of carbonyl (C=O) groups is 2. The third-order valence-electron chi connectivity index (χ3n) is 4.37. The van der Waals surface area contributed by atoms with Gasteiger partial charge < -0.3 is 19.4 Å². The van der Waals surface area contributed by atoms with Crippen molar-refractivity contribution in [2.24, 2.45) is 0 Å². The van der Waals surface area contributed by atoms with Crippen LogP contribution < -0.4 is 10.1 Å². The summed E-state index contributed by atoms with van der Waals surface area (Å²) in [5.74, 6) is 0.558. The Bertz CT molecular complexity index is 719. The minimum Gasteiger partial charge on any atom is -0.484 e. The molecular formula is C19H22N2O4. The molecule has 2 amide bonds. The normalized spacial score (nSPS) is 15.0. The SMILES string of the molecule is Cc1ccccc1OCC(=O)NC1CCN(C(=O)c2ccoc2)CC1. The molecule has 1 aliphatic rings. The second kappa shape index (κ2) is 7.88. The third kappa shape index (κ3) is 4.41. The van der Waals surface area contributed by atoms with E-state index in [1.165, 1.54) is 12.5 Å². The number of furan rings is 1. The highest BCUT2D eigenvalue weighted by atomic mass is 16.5. The molecule has 0 bridgehead atoms. The number of piperidine rings is 1. The molecule has 6 nitrogen and oxygen atoms in total. The molecule has 25 heavy (non-hydrogen) atoms. The van der Waals surface area contributed by atoms with Crippen LogP contribution in [0.15, 0.2) is 47.3 Å². The van der Waals surface area contributed by atoms with E-state index in [1.54, 1.807) is 11.0 Å². The quantitative estimate of drug-likeness (QED) is 0.906. The summed E-state index contributed by atoms with van der Waals surface area (Å²) in [5.41, 5.74) is 1.57. The van der Waals surface area contributed by atoms with E-state index in [-0.39, 0.29) is 24.5 Å². The number of ether oxygens (including phenoxy) is 1. The van der Waals surface area contributed by atoms with Gasteiger partial charge in [-0.3, -0.25) is 9.59 Å². The van der Waals surface area contributed by atoms with Crippen LogP contribution in [0.1, 0.15) is 28.8 Å². The van der Waals surface area contributed by atoms with Crippen molar-refractivity contribution in [3.8, 4) is 5.75 Å². The lowest BCUT2D eigenvalue weighted by Crippen LogP contribution is -2.47. The summed E-state index contributed by atoms with van der Waals surface area (Å²) in [6.45, 7) is 3.18. The molecule has 132 valence electrons. The number of likely N-dealkylation sites (tertiary alicyclic amines) is 1. The number of hydrogen-bond donors (Lipinski definition) is 1. The van der Waals surface area contributed by atoms with Gasteiger partial charge in [-0.15, -0.1) is 0 Å². The van der Waals surface area contributed by atoms with Crippen molar-refractivity contribution < 1.29 is 18.7 Å². The number of nitrogens with one attached hydrogen (secondary N) is 1. The average Bonchev–Trinajstić information content (AvgIpc) is 3.16. The van der Waals surface area contributed by atoms with Gasteiger partial charge in [-0.25, -0.2) is 0 Å². The standard InChI is InChI=1S/C19H22N2O4/c1-14-4-2-3-5-17(14)25-13-18(22)20-16-6-9-21(10-7-16)19(23)15-8-11-24-12-15/h2-5,8,11-12,16H,6-7,9-10,13H2,1H3,(H,20,22). The molecular weight excluding hydrogens is 320 g/mol. The molecule has 1 aliphatic heterocycles. The Kier molecular flexibility index (Phi) is 5.38. The molecule has 1 N–H and O–H groups in total. The molecule has 6 heteroatoms. The monoisotopic (exact) mass is 342 g/mol. The van der Waals surface area contributed by atoms with E-state index >= 15 is 0 Å². The van der Waals surface area contributed by atoms with E-state index in [0.29, 0.717) is 18.7 Å². The van der Waals surface area contributed by atoms with E-state index < -0.39 is 0 Å². The molecule has 2 aromatic rings. The number of hydrogen-bond acceptors (Lipinski definition) is 4. The average molecular weight is 342 g/mol. The zero-order valence-electron chi connectivity index (χ0n) is 14.2. The van der Waals surface area contributed by atoms with E-state index in [4.69, 9.17) is 9.15 Å². The topological polar surface area (TPSA) is 71.8 Å². The van der Waals surface area contributed by atoms with Crippen molar-refractivity contribution in [3.05, 3.63) is 54.0 Å². The number of benzene rings is 1. The smallest absolute Gasteiger partial charge is 0.258 e. The molecule has 0 unspecified atom stereocenters. The van der Waals surface area contributed by atoms with E-state index in [1.807, 2.05) is 31.2 Å². The maximum atomic E-state index is 12.2. The fourth-order valence-electron chi connectivity index (χ4n) is 2.93. The van der Waals surface area contributed by atoms with Crippen molar-refractivity contribution in [2.45, 2.75) is 25.8 Å². The Morgan fingerprint density at radius 1 is 1.24 bits per heavy atom. The second-order valence-corrected chi connectivity index (χ2v) is 6.20. The van der Waals surface area contributed by atoms with Gasteiger partial charge in [0, 0.05) is 19.1 Å². The summed E-state index contributed by atoms with van der Waals surface area (Å²) >= 11 is 0. The molecule has 1 saturated heterocycles. The predicted molar refractivity (Wildman–Crippen MR) is 92.5 cm³/mol. The summed E-state index contributed by atoms with van der Waals surface area (Å²) in [5, 5.41) is 2.98. The first-order valence-electron chi connectivity index (χ1n) is 8.43. The molecule has 0 aliphatic carbocycles. The fraction of sp³-hybridized carbons (Fsp3) is 0.368. The largest absolute Gasteiger partial charge is 0.484 e. The van der Waals surface area contributed by atoms with Crippen LogP contribution in [0.25, 0.3) is 0 Å². The van der Waals surface area contributed by atoms with Crippen LogP contribution in [0.2, 0.25) is 0 Å². The highest BCUT2D eigenvalue weighted by Gasteiger charge is 2.25. The summed E-state index contributed by atoms with van der Waals surface area (Å²) in [6, 6.07) is 9.34. The van der Waals surface area contributed by atoms with Gasteiger partial charge in [0.05, 0.1) is 11.8 Å². The van der Waals surface area contributed by atoms with Gasteiger partial charge >= 0.3 is 0 Å². The first-order valence-corrected chi connectivity index (χ1v) is 8.43. The van der Waals surface area contributed by atoms with E-state index in [0.717, 1.165) is 24.2 Å². The Hall–Kier alpha value is -2.76. The minimum absolute atomic E-state index is 0.000975. The van der Waals surface area contributed by atoms with Crippen molar-refractivity contribution >= 4 is 11.8 Å². The first-order chi connectivity index (χ1) is 12.1. The number of rotatable bonds is 5. The molecule has 0 radical (unpaired) electrons. The highest BCUT2D eigenvalue weighted by Crippen LogP contribution is 2.17. The van der Waals surface area contributed by atoms with Gasteiger partial charge in [0.15, 0.2) is 6.61 Å². The van der Waals surface area contributed by atoms with Crippen LogP contribution in [0.5, 0.6) is 5.75 Å². The summed E-state index contributed by atoms with van der Waals surface area (Å²) in [7, 11) is 0. The van der Waals surface area contributed by atoms with E-state index in [9.17, 15) is 9.59 Å². The maximum absolute atomic E-state index is 12.2. The van der Waals surface area contributed by atoms with Crippen LogP contribution in [-0.2, 0) is 4.79 Å². The summed E-state index contributed by atoms with van der Waals surface area (Å²) < 4.78 is 10.5. The van der Waals surface area contributed by atoms with E-state index in [2.05, 4.69) is 5.32 Å². The van der Waals surface area contributed by atoms with Crippen molar-refractivity contribution in [1.82, 2.24) is 10.2 Å². The zero-order valence-corrected chi connectivity index (χ0v) is 14.2. The van der Waals surface area contributed by atoms with Gasteiger partial charge in [-0.05, 0) is 37.5 Å². The number of carbonyl (C=O) groups excluding carboxylic acids is 2. The highest BCUT2D eigenvalue weighted by molar-refractivity contribution is 5.93. The second-order valence-electron chi connectivity index (χ2n) is 6.20. The van der Waals surface area contributed by atoms with Crippen molar-refractivity contribution in [3.63, 3.8) is 0 Å². The van der Waals surface area contributed by atoms with Crippen molar-refractivity contribution in [2.75, 3.05) is 19.7 Å². The number of aryl methyl sites for hydroxylation is 1. The Morgan fingerprint density at radius 2 is 2.00 bits per heavy atom.